The van der Waals surface area contributed by atoms with Crippen LogP contribution in [0.15, 0.2) is 17.3 Å². The molecule has 0 spiro atoms. The predicted molar refractivity (Wildman–Crippen MR) is 57.8 cm³/mol. The molecule has 1 amide bonds. The summed E-state index contributed by atoms with van der Waals surface area (Å²) in [5.74, 6) is -0.597. The van der Waals surface area contributed by atoms with Crippen molar-refractivity contribution in [1.82, 2.24) is 4.98 Å². The summed E-state index contributed by atoms with van der Waals surface area (Å²) in [6.45, 7) is 0. The van der Waals surface area contributed by atoms with Crippen molar-refractivity contribution in [3.8, 4) is 5.75 Å². The minimum atomic E-state index is -3.96. The van der Waals surface area contributed by atoms with Gasteiger partial charge in [0.1, 0.15) is 0 Å². The zero-order valence-electron chi connectivity index (χ0n) is 8.79. The maximum atomic E-state index is 11.2. The van der Waals surface area contributed by atoms with Crippen LogP contribution in [0.3, 0.4) is 0 Å². The first-order valence-electron chi connectivity index (χ1n) is 4.87. The Morgan fingerprint density at radius 3 is 2.59 bits per heavy atom. The average molecular weight is 257 g/mol. The number of carbonyl (C=O) groups is 1. The van der Waals surface area contributed by atoms with Gasteiger partial charge < -0.3 is 10.5 Å². The van der Waals surface area contributed by atoms with Gasteiger partial charge in [-0.15, -0.1) is 0 Å². The van der Waals surface area contributed by atoms with Crippen LogP contribution in [0.1, 0.15) is 23.2 Å². The van der Waals surface area contributed by atoms with Crippen molar-refractivity contribution in [1.29, 1.82) is 0 Å². The van der Waals surface area contributed by atoms with Gasteiger partial charge in [-0.25, -0.2) is 18.5 Å². The van der Waals surface area contributed by atoms with Crippen LogP contribution < -0.4 is 15.6 Å². The fourth-order valence-corrected chi connectivity index (χ4v) is 1.71. The molecular weight excluding hydrogens is 246 g/mol. The summed E-state index contributed by atoms with van der Waals surface area (Å²) in [5.41, 5.74) is 5.11. The third kappa shape index (κ3) is 2.71. The molecule has 92 valence electrons. The molecule has 1 fully saturated rings. The quantitative estimate of drug-likeness (QED) is 0.742. The smallest absolute Gasteiger partial charge is 0.255 e. The van der Waals surface area contributed by atoms with Crippen molar-refractivity contribution in [2.75, 3.05) is 0 Å². The van der Waals surface area contributed by atoms with E-state index in [2.05, 4.69) is 4.98 Å². The van der Waals surface area contributed by atoms with Crippen molar-refractivity contribution < 1.29 is 17.9 Å². The molecule has 1 aromatic heterocycles. The van der Waals surface area contributed by atoms with Crippen LogP contribution in [-0.4, -0.2) is 25.4 Å². The highest BCUT2D eigenvalue weighted by molar-refractivity contribution is 7.89. The average Bonchev–Trinajstić information content (AvgIpc) is 3.00. The van der Waals surface area contributed by atoms with Gasteiger partial charge in [-0.3, -0.25) is 4.79 Å². The molecular formula is C9H11N3O4S. The van der Waals surface area contributed by atoms with E-state index in [0.29, 0.717) is 0 Å². The molecule has 1 aliphatic carbocycles. The Hall–Kier alpha value is -1.67. The first kappa shape index (κ1) is 11.8. The maximum absolute atomic E-state index is 11.2. The molecule has 17 heavy (non-hydrogen) atoms. The number of rotatable bonds is 4. The van der Waals surface area contributed by atoms with Crippen LogP contribution in [0.2, 0.25) is 0 Å². The molecule has 0 bridgehead atoms. The van der Waals surface area contributed by atoms with Crippen molar-refractivity contribution in [3.05, 3.63) is 17.8 Å². The molecule has 2 rings (SSSR count). The molecule has 0 saturated heterocycles. The van der Waals surface area contributed by atoms with Gasteiger partial charge in [0, 0.05) is 0 Å². The Balaban J connectivity index is 2.43. The minimum Gasteiger partial charge on any atom is -0.488 e. The lowest BCUT2D eigenvalue weighted by Crippen LogP contribution is -2.18. The molecule has 0 aromatic carbocycles. The lowest BCUT2D eigenvalue weighted by atomic mass is 10.2. The van der Waals surface area contributed by atoms with Crippen LogP contribution in [0.4, 0.5) is 0 Å². The summed E-state index contributed by atoms with van der Waals surface area (Å²) in [6, 6.07) is 1.02. The molecule has 0 aliphatic heterocycles. The van der Waals surface area contributed by atoms with Gasteiger partial charge in [0.25, 0.3) is 15.9 Å². The topological polar surface area (TPSA) is 125 Å². The molecule has 0 radical (unpaired) electrons. The fourth-order valence-electron chi connectivity index (χ4n) is 1.23. The molecule has 1 saturated carbocycles. The van der Waals surface area contributed by atoms with E-state index in [4.69, 9.17) is 15.6 Å². The monoisotopic (exact) mass is 257 g/mol. The number of hydrogen-bond acceptors (Lipinski definition) is 5. The predicted octanol–water partition coefficient (Wildman–Crippen LogP) is -0.631. The van der Waals surface area contributed by atoms with Crippen molar-refractivity contribution in [2.45, 2.75) is 24.0 Å². The highest BCUT2D eigenvalue weighted by atomic mass is 32.2. The largest absolute Gasteiger partial charge is 0.488 e. The van der Waals surface area contributed by atoms with Crippen molar-refractivity contribution in [2.24, 2.45) is 10.9 Å². The van der Waals surface area contributed by atoms with E-state index in [1.165, 1.54) is 0 Å². The maximum Gasteiger partial charge on any atom is 0.255 e. The first-order chi connectivity index (χ1) is 7.88. The van der Waals surface area contributed by atoms with Crippen LogP contribution in [0.5, 0.6) is 5.75 Å². The number of hydrogen-bond donors (Lipinski definition) is 2. The SMILES string of the molecule is NC(=O)c1cc(S(N)(=O)=O)ncc1OC1CC1. The molecule has 7 nitrogen and oxygen atoms in total. The number of aromatic nitrogens is 1. The van der Waals surface area contributed by atoms with Gasteiger partial charge in [-0.2, -0.15) is 0 Å². The first-order valence-corrected chi connectivity index (χ1v) is 6.42. The lowest BCUT2D eigenvalue weighted by molar-refractivity contribution is 0.0995. The Morgan fingerprint density at radius 1 is 1.47 bits per heavy atom. The van der Waals surface area contributed by atoms with Gasteiger partial charge in [0.2, 0.25) is 0 Å². The summed E-state index contributed by atoms with van der Waals surface area (Å²) in [5, 5.41) is 4.50. The van der Waals surface area contributed by atoms with Gasteiger partial charge in [0.05, 0.1) is 17.9 Å². The summed E-state index contributed by atoms with van der Waals surface area (Å²) in [6.07, 6.45) is 3.00. The van der Waals surface area contributed by atoms with E-state index in [1.54, 1.807) is 0 Å². The third-order valence-corrected chi connectivity index (χ3v) is 3.02. The number of sulfonamides is 1. The molecule has 1 aliphatic rings. The molecule has 1 aromatic rings. The summed E-state index contributed by atoms with van der Waals surface area (Å²) in [4.78, 5) is 14.8. The van der Waals surface area contributed by atoms with E-state index in [-0.39, 0.29) is 17.4 Å². The van der Waals surface area contributed by atoms with E-state index < -0.39 is 21.0 Å². The zero-order valence-corrected chi connectivity index (χ0v) is 9.61. The van der Waals surface area contributed by atoms with Crippen LogP contribution in [-0.2, 0) is 10.0 Å². The number of carbonyl (C=O) groups excluding carboxylic acids is 1. The van der Waals surface area contributed by atoms with E-state index in [9.17, 15) is 13.2 Å². The van der Waals surface area contributed by atoms with Crippen LogP contribution >= 0.6 is 0 Å². The highest BCUT2D eigenvalue weighted by Gasteiger charge is 2.26. The Morgan fingerprint density at radius 2 is 2.12 bits per heavy atom. The van der Waals surface area contributed by atoms with Gasteiger partial charge >= 0.3 is 0 Å². The van der Waals surface area contributed by atoms with Gasteiger partial charge in [-0.05, 0) is 18.9 Å². The second kappa shape index (κ2) is 3.97. The second-order valence-electron chi connectivity index (χ2n) is 3.75. The van der Waals surface area contributed by atoms with Crippen molar-refractivity contribution >= 4 is 15.9 Å². The molecule has 8 heteroatoms. The summed E-state index contributed by atoms with van der Waals surface area (Å²) in [7, 11) is -3.96. The standard InChI is InChI=1S/C9H11N3O4S/c10-9(13)6-3-8(17(11,14)15)12-4-7(6)16-5-1-2-5/h3-5H,1-2H2,(H2,10,13)(H2,11,14,15). The van der Waals surface area contributed by atoms with E-state index in [1.807, 2.05) is 0 Å². The molecule has 4 N–H and O–H groups in total. The second-order valence-corrected chi connectivity index (χ2v) is 5.25. The Labute approximate surface area is 97.8 Å². The summed E-state index contributed by atoms with van der Waals surface area (Å²) < 4.78 is 27.5. The number of nitrogens with zero attached hydrogens (tertiary/aromatic N) is 1. The fraction of sp³-hybridized carbons (Fsp3) is 0.333. The number of amides is 1. The number of pyridine rings is 1. The molecule has 0 unspecified atom stereocenters. The van der Waals surface area contributed by atoms with Crippen LogP contribution in [0, 0.1) is 0 Å². The molecule has 1 heterocycles. The van der Waals surface area contributed by atoms with Crippen molar-refractivity contribution in [3.63, 3.8) is 0 Å². The van der Waals surface area contributed by atoms with Gasteiger partial charge in [0.15, 0.2) is 10.8 Å². The number of primary amides is 1. The van der Waals surface area contributed by atoms with Crippen LogP contribution in [0.25, 0.3) is 0 Å². The highest BCUT2D eigenvalue weighted by Crippen LogP contribution is 2.29. The molecule has 0 atom stereocenters. The van der Waals surface area contributed by atoms with E-state index >= 15 is 0 Å². The number of ether oxygens (including phenoxy) is 1. The summed E-state index contributed by atoms with van der Waals surface area (Å²) >= 11 is 0. The zero-order chi connectivity index (χ0) is 12.6. The number of nitrogens with two attached hydrogens (primary N) is 2. The minimum absolute atomic E-state index is 0.0316. The van der Waals surface area contributed by atoms with E-state index in [0.717, 1.165) is 25.1 Å². The lowest BCUT2D eigenvalue weighted by Gasteiger charge is -2.08. The Kier molecular flexibility index (Phi) is 2.76. The van der Waals surface area contributed by atoms with Gasteiger partial charge in [-0.1, -0.05) is 0 Å². The third-order valence-electron chi connectivity index (χ3n) is 2.22. The normalized spacial score (nSPS) is 15.6. The number of primary sulfonamides is 1. The Bertz CT molecular complexity index is 566.